The SMILES string of the molecule is COc1cc(C2(O)CCC2)ccc1Br.COc1cc(C2(O[Si](C)(C)C(C)(C)C)CCC2)ccc1Br. The van der Waals surface area contributed by atoms with E-state index < -0.39 is 13.9 Å². The minimum Gasteiger partial charge on any atom is -0.496 e. The molecule has 0 amide bonds. The van der Waals surface area contributed by atoms with Crippen LogP contribution in [0.25, 0.3) is 0 Å². The molecule has 0 spiro atoms. The number of hydrogen-bond acceptors (Lipinski definition) is 4. The normalized spacial score (nSPS) is 18.5. The molecule has 0 bridgehead atoms. The van der Waals surface area contributed by atoms with E-state index in [1.54, 1.807) is 14.2 Å². The van der Waals surface area contributed by atoms with Gasteiger partial charge < -0.3 is 19.0 Å². The second kappa shape index (κ2) is 10.9. The van der Waals surface area contributed by atoms with Crippen molar-refractivity contribution in [2.75, 3.05) is 14.2 Å². The van der Waals surface area contributed by atoms with Gasteiger partial charge in [-0.25, -0.2) is 0 Å². The molecule has 2 saturated carbocycles. The average molecular weight is 629 g/mol. The Hall–Kier alpha value is -0.863. The van der Waals surface area contributed by atoms with Gasteiger partial charge in [-0.15, -0.1) is 0 Å². The summed E-state index contributed by atoms with van der Waals surface area (Å²) in [6.45, 7) is 11.6. The predicted molar refractivity (Wildman–Crippen MR) is 153 cm³/mol. The maximum absolute atomic E-state index is 10.1. The van der Waals surface area contributed by atoms with E-state index >= 15 is 0 Å². The third-order valence-electron chi connectivity index (χ3n) is 7.96. The fourth-order valence-electron chi connectivity index (χ4n) is 4.28. The highest BCUT2D eigenvalue weighted by Gasteiger charge is 2.48. The lowest BCUT2D eigenvalue weighted by molar-refractivity contribution is -0.0389. The molecule has 0 heterocycles. The van der Waals surface area contributed by atoms with Gasteiger partial charge in [-0.1, -0.05) is 32.9 Å². The number of halogens is 2. The van der Waals surface area contributed by atoms with Gasteiger partial charge in [0, 0.05) is 0 Å². The van der Waals surface area contributed by atoms with Crippen LogP contribution in [0.1, 0.15) is 70.4 Å². The molecule has 2 fully saturated rings. The monoisotopic (exact) mass is 626 g/mol. The van der Waals surface area contributed by atoms with Crippen LogP contribution in [0.3, 0.4) is 0 Å². The zero-order chi connectivity index (χ0) is 26.1. The Balaban J connectivity index is 0.000000211. The van der Waals surface area contributed by atoms with Crippen molar-refractivity contribution < 1.29 is 19.0 Å². The summed E-state index contributed by atoms with van der Waals surface area (Å²) in [5, 5.41) is 10.4. The van der Waals surface area contributed by atoms with E-state index in [1.807, 2.05) is 18.2 Å². The van der Waals surface area contributed by atoms with E-state index in [0.717, 1.165) is 58.1 Å². The molecule has 0 aliphatic heterocycles. The molecule has 0 radical (unpaired) electrons. The average Bonchev–Trinajstić information content (AvgIpc) is 2.75. The fraction of sp³-hybridized carbons (Fsp3) is 0.571. The van der Waals surface area contributed by atoms with E-state index in [-0.39, 0.29) is 10.6 Å². The molecule has 4 rings (SSSR count). The molecule has 0 atom stereocenters. The Bertz CT molecular complexity index is 1020. The van der Waals surface area contributed by atoms with Gasteiger partial charge in [-0.05, 0) is 124 Å². The van der Waals surface area contributed by atoms with Gasteiger partial charge in [0.05, 0.1) is 34.4 Å². The van der Waals surface area contributed by atoms with Crippen LogP contribution >= 0.6 is 31.9 Å². The standard InChI is InChI=1S/C17H27BrO2Si.C11H13BrO2/c1-16(2,3)21(5,6)20-17(10-7-11-17)13-8-9-14(18)15(12-13)19-4;1-14-10-7-8(3-4-9(10)12)11(13)5-2-6-11/h8-9,12H,7,10-11H2,1-6H3;3-4,7,13H,2,5-6H2,1H3. The van der Waals surface area contributed by atoms with Crippen molar-refractivity contribution in [2.24, 2.45) is 0 Å². The lowest BCUT2D eigenvalue weighted by atomic mass is 9.75. The molecule has 2 aromatic carbocycles. The van der Waals surface area contributed by atoms with Crippen molar-refractivity contribution in [3.05, 3.63) is 56.5 Å². The summed E-state index contributed by atoms with van der Waals surface area (Å²) in [6, 6.07) is 12.2. The van der Waals surface area contributed by atoms with E-state index in [1.165, 1.54) is 12.0 Å². The summed E-state index contributed by atoms with van der Waals surface area (Å²) in [7, 11) is 1.56. The number of methoxy groups -OCH3 is 2. The van der Waals surface area contributed by atoms with Crippen molar-refractivity contribution in [3.63, 3.8) is 0 Å². The summed E-state index contributed by atoms with van der Waals surface area (Å²) in [6.07, 6.45) is 6.30. The summed E-state index contributed by atoms with van der Waals surface area (Å²) in [5.74, 6) is 1.67. The Morgan fingerprint density at radius 1 is 0.800 bits per heavy atom. The topological polar surface area (TPSA) is 47.9 Å². The lowest BCUT2D eigenvalue weighted by Crippen LogP contribution is -2.51. The quantitative estimate of drug-likeness (QED) is 0.325. The fourth-order valence-corrected chi connectivity index (χ4v) is 6.70. The van der Waals surface area contributed by atoms with E-state index in [2.05, 4.69) is 83.9 Å². The van der Waals surface area contributed by atoms with E-state index in [4.69, 9.17) is 13.9 Å². The van der Waals surface area contributed by atoms with Crippen molar-refractivity contribution in [2.45, 2.75) is 88.6 Å². The lowest BCUT2D eigenvalue weighted by Gasteiger charge is -2.50. The Morgan fingerprint density at radius 2 is 1.26 bits per heavy atom. The minimum absolute atomic E-state index is 0.100. The summed E-state index contributed by atoms with van der Waals surface area (Å²) in [4.78, 5) is 0. The highest BCUT2D eigenvalue weighted by molar-refractivity contribution is 9.10. The first kappa shape index (κ1) is 28.7. The van der Waals surface area contributed by atoms with Crippen molar-refractivity contribution >= 4 is 40.2 Å². The van der Waals surface area contributed by atoms with Crippen LogP contribution in [-0.4, -0.2) is 27.6 Å². The summed E-state index contributed by atoms with van der Waals surface area (Å²) in [5.41, 5.74) is 1.52. The first-order valence-corrected chi connectivity index (χ1v) is 16.9. The molecule has 7 heteroatoms. The summed E-state index contributed by atoms with van der Waals surface area (Å²) >= 11 is 6.92. The van der Waals surface area contributed by atoms with Crippen molar-refractivity contribution in [3.8, 4) is 11.5 Å². The first-order chi connectivity index (χ1) is 16.3. The van der Waals surface area contributed by atoms with Gasteiger partial charge in [0.25, 0.3) is 0 Å². The summed E-state index contributed by atoms with van der Waals surface area (Å²) < 4.78 is 19.4. The highest BCUT2D eigenvalue weighted by Crippen LogP contribution is 2.51. The predicted octanol–water partition coefficient (Wildman–Crippen LogP) is 8.69. The zero-order valence-corrected chi connectivity index (χ0v) is 26.3. The number of ether oxygens (including phenoxy) is 2. The van der Waals surface area contributed by atoms with Crippen LogP contribution in [0.15, 0.2) is 45.3 Å². The third kappa shape index (κ3) is 6.17. The minimum atomic E-state index is -1.79. The van der Waals surface area contributed by atoms with Crippen molar-refractivity contribution in [1.82, 2.24) is 0 Å². The zero-order valence-electron chi connectivity index (χ0n) is 22.1. The molecule has 194 valence electrons. The Morgan fingerprint density at radius 3 is 1.63 bits per heavy atom. The number of aliphatic hydroxyl groups is 1. The molecule has 2 aromatic rings. The molecule has 0 saturated heterocycles. The van der Waals surface area contributed by atoms with Gasteiger partial charge in [0.2, 0.25) is 0 Å². The van der Waals surface area contributed by atoms with Gasteiger partial charge in [0.1, 0.15) is 11.5 Å². The second-order valence-corrected chi connectivity index (χ2v) is 17.7. The molecule has 2 aliphatic rings. The molecule has 0 unspecified atom stereocenters. The van der Waals surface area contributed by atoms with Crippen LogP contribution in [0.4, 0.5) is 0 Å². The smallest absolute Gasteiger partial charge is 0.193 e. The van der Waals surface area contributed by atoms with Crippen LogP contribution in [0.5, 0.6) is 11.5 Å². The molecule has 0 aromatic heterocycles. The largest absolute Gasteiger partial charge is 0.496 e. The first-order valence-electron chi connectivity index (χ1n) is 12.4. The molecular weight excluding hydrogens is 588 g/mol. The van der Waals surface area contributed by atoms with Crippen LogP contribution in [-0.2, 0) is 15.6 Å². The van der Waals surface area contributed by atoms with Gasteiger partial charge >= 0.3 is 0 Å². The van der Waals surface area contributed by atoms with Gasteiger partial charge in [-0.3, -0.25) is 0 Å². The van der Waals surface area contributed by atoms with Gasteiger partial charge in [0.15, 0.2) is 8.32 Å². The number of rotatable bonds is 6. The molecule has 4 nitrogen and oxygen atoms in total. The molecule has 2 aliphatic carbocycles. The maximum atomic E-state index is 10.1. The van der Waals surface area contributed by atoms with Crippen LogP contribution < -0.4 is 9.47 Å². The van der Waals surface area contributed by atoms with Gasteiger partial charge in [-0.2, -0.15) is 0 Å². The third-order valence-corrected chi connectivity index (χ3v) is 13.8. The number of hydrogen-bond donors (Lipinski definition) is 1. The molecule has 1 N–H and O–H groups in total. The molecular formula is C28H40Br2O4Si. The Labute approximate surface area is 229 Å². The Kier molecular flexibility index (Phi) is 8.91. The number of benzene rings is 2. The molecule has 35 heavy (non-hydrogen) atoms. The highest BCUT2D eigenvalue weighted by atomic mass is 79.9. The van der Waals surface area contributed by atoms with Crippen molar-refractivity contribution in [1.29, 1.82) is 0 Å². The maximum Gasteiger partial charge on any atom is 0.193 e. The van der Waals surface area contributed by atoms with Crippen LogP contribution in [0.2, 0.25) is 18.1 Å². The van der Waals surface area contributed by atoms with Crippen LogP contribution in [0, 0.1) is 0 Å². The van der Waals surface area contributed by atoms with E-state index in [0.29, 0.717) is 0 Å². The second-order valence-electron chi connectivity index (χ2n) is 11.3. The van der Waals surface area contributed by atoms with E-state index in [9.17, 15) is 5.11 Å².